The number of hydrogen-bond donors (Lipinski definition) is 1. The van der Waals surface area contributed by atoms with E-state index >= 15 is 0 Å². The molecule has 3 atom stereocenters. The Hall–Kier alpha value is -1.49. The second-order valence-corrected chi connectivity index (χ2v) is 13.6. The lowest BCUT2D eigenvalue weighted by Gasteiger charge is -2.48. The molecular weight excluding hydrogens is 657 g/mol. The van der Waals surface area contributed by atoms with Crippen molar-refractivity contribution in [2.24, 2.45) is 0 Å². The number of aryl methyl sites for hydroxylation is 1. The maximum Gasteiger partial charge on any atom is 0.147 e. The summed E-state index contributed by atoms with van der Waals surface area (Å²) in [5, 5.41) is 3.96. The predicted molar refractivity (Wildman–Crippen MR) is 202 cm³/mol. The third-order valence-electron chi connectivity index (χ3n) is 9.21. The molecule has 0 aromatic heterocycles. The Labute approximate surface area is 298 Å². The third kappa shape index (κ3) is 8.94. The van der Waals surface area contributed by atoms with Crippen LogP contribution in [0.5, 0.6) is 0 Å². The molecule has 3 aromatic rings. The van der Waals surface area contributed by atoms with Gasteiger partial charge in [0.05, 0.1) is 25.4 Å². The van der Waals surface area contributed by atoms with Crippen LogP contribution < -0.4 is 5.32 Å². The number of methoxy groups -OCH3 is 1. The SMILES string of the molecule is COC[C@@H]1CN(CCN2CCN[C@@H](C(O[SiH3])(c3ccccc3)c3ccc(C)c(C(C)(C)C)c3-c3ccccc3)C2)CCO1.Cl.Cl.Cl. The fraction of sp³-hybridized carbons (Fsp3) is 0.500. The van der Waals surface area contributed by atoms with Crippen LogP contribution in [0.2, 0.25) is 0 Å². The first-order valence-corrected chi connectivity index (χ1v) is 16.7. The summed E-state index contributed by atoms with van der Waals surface area (Å²) in [7, 11) is 2.35. The zero-order valence-corrected chi connectivity index (χ0v) is 32.7. The zero-order valence-electron chi connectivity index (χ0n) is 28.3. The summed E-state index contributed by atoms with van der Waals surface area (Å²) in [5.41, 5.74) is 7.06. The number of nitrogens with one attached hydrogen (secondary N) is 1. The molecule has 2 aliphatic rings. The molecule has 0 spiro atoms. The molecule has 46 heavy (non-hydrogen) atoms. The van der Waals surface area contributed by atoms with E-state index < -0.39 is 5.60 Å². The number of nitrogens with zero attached hydrogens (tertiary/aromatic N) is 2. The van der Waals surface area contributed by atoms with Crippen LogP contribution in [0.3, 0.4) is 0 Å². The van der Waals surface area contributed by atoms with Gasteiger partial charge in [0, 0.05) is 52.9 Å². The fourth-order valence-electron chi connectivity index (χ4n) is 7.33. The van der Waals surface area contributed by atoms with Gasteiger partial charge in [0.1, 0.15) is 16.1 Å². The number of ether oxygens (including phenoxy) is 2. The Balaban J connectivity index is 0.00000245. The first kappa shape index (κ1) is 40.7. The summed E-state index contributed by atoms with van der Waals surface area (Å²) in [5.74, 6) is 0. The number of benzene rings is 3. The largest absolute Gasteiger partial charge is 0.413 e. The van der Waals surface area contributed by atoms with Crippen molar-refractivity contribution in [1.82, 2.24) is 15.1 Å². The fourth-order valence-corrected chi connectivity index (χ4v) is 8.07. The summed E-state index contributed by atoms with van der Waals surface area (Å²) in [4.78, 5) is 5.16. The van der Waals surface area contributed by atoms with Crippen LogP contribution in [0.15, 0.2) is 72.8 Å². The minimum atomic E-state index is -0.631. The number of rotatable bonds is 10. The van der Waals surface area contributed by atoms with Crippen molar-refractivity contribution in [3.05, 3.63) is 95.1 Å². The van der Waals surface area contributed by atoms with E-state index in [2.05, 4.69) is 116 Å². The summed E-state index contributed by atoms with van der Waals surface area (Å²) in [6.07, 6.45) is 0.161. The molecule has 0 bridgehead atoms. The molecule has 6 nitrogen and oxygen atoms in total. The molecule has 1 N–H and O–H groups in total. The van der Waals surface area contributed by atoms with Gasteiger partial charge in [0.2, 0.25) is 0 Å². The van der Waals surface area contributed by atoms with Crippen LogP contribution in [0, 0.1) is 6.92 Å². The average molecular weight is 711 g/mol. The third-order valence-corrected chi connectivity index (χ3v) is 9.85. The van der Waals surface area contributed by atoms with Gasteiger partial charge in [-0.3, -0.25) is 9.80 Å². The molecular formula is C36H54Cl3N3O3Si. The van der Waals surface area contributed by atoms with Crippen LogP contribution in [-0.2, 0) is 24.9 Å². The summed E-state index contributed by atoms with van der Waals surface area (Å²) in [6.45, 7) is 17.5. The molecule has 3 aromatic carbocycles. The van der Waals surface area contributed by atoms with Gasteiger partial charge >= 0.3 is 0 Å². The molecule has 256 valence electrons. The minimum absolute atomic E-state index is 0. The van der Waals surface area contributed by atoms with Gasteiger partial charge in [-0.2, -0.15) is 0 Å². The number of halogens is 3. The Morgan fingerprint density at radius 2 is 1.50 bits per heavy atom. The lowest BCUT2D eigenvalue weighted by molar-refractivity contribution is -0.0630. The average Bonchev–Trinajstić information content (AvgIpc) is 3.02. The maximum atomic E-state index is 7.01. The highest BCUT2D eigenvalue weighted by atomic mass is 35.5. The Morgan fingerprint density at radius 1 is 0.870 bits per heavy atom. The van der Waals surface area contributed by atoms with Gasteiger partial charge in [0.15, 0.2) is 0 Å². The van der Waals surface area contributed by atoms with E-state index in [1.807, 2.05) is 0 Å². The lowest BCUT2D eigenvalue weighted by Crippen LogP contribution is -2.62. The number of hydrogen-bond acceptors (Lipinski definition) is 6. The minimum Gasteiger partial charge on any atom is -0.413 e. The Kier molecular flexibility index (Phi) is 16.2. The van der Waals surface area contributed by atoms with Crippen LogP contribution in [0.4, 0.5) is 0 Å². The van der Waals surface area contributed by atoms with Gasteiger partial charge < -0.3 is 19.2 Å². The standard InChI is InChI=1S/C36H51N3O3Si.3ClH/c1-27-16-17-31(33(34(27)35(2,3)4)28-12-8-6-9-13-28)36(42-43,29-14-10-7-11-15-29)32-25-38(19-18-37-32)20-21-39-22-23-41-30(24-39)26-40-5;;;/h6-17,30,32,37H,18-26H2,1-5,43H3;3*1H/t30-,32+,36?;;;/m0.../s1. The topological polar surface area (TPSA) is 46.2 Å². The van der Waals surface area contributed by atoms with E-state index in [-0.39, 0.29) is 54.8 Å². The number of morpholine rings is 1. The molecule has 2 heterocycles. The Morgan fingerprint density at radius 3 is 2.11 bits per heavy atom. The van der Waals surface area contributed by atoms with E-state index in [0.29, 0.717) is 17.1 Å². The highest BCUT2D eigenvalue weighted by Crippen LogP contribution is 2.47. The van der Waals surface area contributed by atoms with E-state index in [4.69, 9.17) is 13.9 Å². The van der Waals surface area contributed by atoms with Crippen molar-refractivity contribution in [3.63, 3.8) is 0 Å². The van der Waals surface area contributed by atoms with Gasteiger partial charge in [-0.25, -0.2) is 0 Å². The second-order valence-electron chi connectivity index (χ2n) is 13.2. The lowest BCUT2D eigenvalue weighted by atomic mass is 9.70. The van der Waals surface area contributed by atoms with Crippen LogP contribution in [0.1, 0.15) is 43.0 Å². The first-order valence-electron chi connectivity index (χ1n) is 15.9. The van der Waals surface area contributed by atoms with Crippen LogP contribution in [0.25, 0.3) is 11.1 Å². The zero-order chi connectivity index (χ0) is 30.5. The molecule has 0 amide bonds. The molecule has 1 unspecified atom stereocenters. The molecule has 5 rings (SSSR count). The van der Waals surface area contributed by atoms with Crippen molar-refractivity contribution >= 4 is 47.7 Å². The number of piperazine rings is 1. The van der Waals surface area contributed by atoms with Crippen molar-refractivity contribution in [2.75, 3.05) is 66.1 Å². The van der Waals surface area contributed by atoms with Crippen molar-refractivity contribution < 1.29 is 13.9 Å². The molecule has 2 fully saturated rings. The van der Waals surface area contributed by atoms with E-state index in [0.717, 1.165) is 52.4 Å². The van der Waals surface area contributed by atoms with Crippen LogP contribution >= 0.6 is 37.2 Å². The predicted octanol–water partition coefficient (Wildman–Crippen LogP) is 5.39. The van der Waals surface area contributed by atoms with Crippen molar-refractivity contribution in [3.8, 4) is 11.1 Å². The molecule has 0 saturated carbocycles. The van der Waals surface area contributed by atoms with Gasteiger partial charge in [-0.05, 0) is 45.7 Å². The molecule has 0 aliphatic carbocycles. The smallest absolute Gasteiger partial charge is 0.147 e. The monoisotopic (exact) mass is 709 g/mol. The highest BCUT2D eigenvalue weighted by molar-refractivity contribution is 5.99. The normalized spacial score (nSPS) is 20.5. The quantitative estimate of drug-likeness (QED) is 0.285. The second kappa shape index (κ2) is 18.3. The molecule has 2 saturated heterocycles. The van der Waals surface area contributed by atoms with Crippen molar-refractivity contribution in [2.45, 2.75) is 50.9 Å². The maximum absolute atomic E-state index is 7.01. The summed E-state index contributed by atoms with van der Waals surface area (Å²) >= 11 is 0. The van der Waals surface area contributed by atoms with Crippen LogP contribution in [-0.4, -0.2) is 98.6 Å². The molecule has 10 heteroatoms. The van der Waals surface area contributed by atoms with Crippen molar-refractivity contribution in [1.29, 1.82) is 0 Å². The highest BCUT2D eigenvalue weighted by Gasteiger charge is 2.46. The van der Waals surface area contributed by atoms with E-state index in [1.54, 1.807) is 7.11 Å². The molecule has 2 aliphatic heterocycles. The Bertz CT molecular complexity index is 1330. The molecule has 0 radical (unpaired) electrons. The van der Waals surface area contributed by atoms with E-state index in [1.165, 1.54) is 33.4 Å². The van der Waals surface area contributed by atoms with Gasteiger partial charge in [0.25, 0.3) is 0 Å². The summed E-state index contributed by atoms with van der Waals surface area (Å²) < 4.78 is 18.3. The van der Waals surface area contributed by atoms with E-state index in [9.17, 15) is 0 Å². The van der Waals surface area contributed by atoms with Gasteiger partial charge in [-0.15, -0.1) is 37.2 Å². The summed E-state index contributed by atoms with van der Waals surface area (Å²) in [6, 6.07) is 26.6. The van der Waals surface area contributed by atoms with Gasteiger partial charge in [-0.1, -0.05) is 93.6 Å². The first-order chi connectivity index (χ1) is 20.8.